The maximum absolute atomic E-state index is 11.8. The van der Waals surface area contributed by atoms with Gasteiger partial charge in [0.1, 0.15) is 11.6 Å². The summed E-state index contributed by atoms with van der Waals surface area (Å²) in [6.45, 7) is 18.7. The molecule has 0 amide bonds. The summed E-state index contributed by atoms with van der Waals surface area (Å²) >= 11 is 0. The van der Waals surface area contributed by atoms with Gasteiger partial charge in [-0.2, -0.15) is 0 Å². The number of nitrogens with zero attached hydrogens (tertiary/aromatic N) is 3. The molecule has 2 heterocycles. The standard InChI is InChI=1S/C58H61N3O/c1-34(2)40-19-21-41(22-20-40)42-25-26-59-51(33-42)45-30-44(31-46(32-45)58(10,11)12)49-17-14-18-53-55(49)60-57(50-28-37(7)27-39(9)56(50)62)61(53)52-24-23-43(29-38(52)8)54-47(35(3)4)15-13-16-48(54)36(5)6/h13-36,62H,1-12H3/i8D3,34D,35D,36D. The number of phenolic OH excluding ortho intramolecular Hbond substituents is 1. The summed E-state index contributed by atoms with van der Waals surface area (Å²) < 4.78 is 55.7. The van der Waals surface area contributed by atoms with Gasteiger partial charge in [0.05, 0.1) is 28.0 Å². The summed E-state index contributed by atoms with van der Waals surface area (Å²) in [5.41, 5.74) is 13.7. The maximum Gasteiger partial charge on any atom is 0.149 e. The van der Waals surface area contributed by atoms with Gasteiger partial charge in [-0.15, -0.1) is 0 Å². The van der Waals surface area contributed by atoms with Crippen LogP contribution >= 0.6 is 0 Å². The first-order valence-electron chi connectivity index (χ1n) is 24.5. The summed E-state index contributed by atoms with van der Waals surface area (Å²) in [5.74, 6) is -2.36. The zero-order chi connectivity index (χ0) is 49.5. The van der Waals surface area contributed by atoms with E-state index in [1.165, 1.54) is 0 Å². The second kappa shape index (κ2) is 16.5. The van der Waals surface area contributed by atoms with Crippen molar-refractivity contribution in [1.29, 1.82) is 0 Å². The van der Waals surface area contributed by atoms with Crippen LogP contribution in [0.3, 0.4) is 0 Å². The lowest BCUT2D eigenvalue weighted by atomic mass is 9.83. The van der Waals surface area contributed by atoms with E-state index in [0.29, 0.717) is 55.9 Å². The van der Waals surface area contributed by atoms with Crippen LogP contribution in [0.25, 0.3) is 72.7 Å². The van der Waals surface area contributed by atoms with Gasteiger partial charge in [0.25, 0.3) is 0 Å². The fourth-order valence-electron chi connectivity index (χ4n) is 8.60. The Hall–Kier alpha value is -6.26. The Morgan fingerprint density at radius 2 is 1.31 bits per heavy atom. The van der Waals surface area contributed by atoms with E-state index in [4.69, 9.17) is 18.2 Å². The van der Waals surface area contributed by atoms with Crippen LogP contribution in [0.15, 0.2) is 128 Å². The van der Waals surface area contributed by atoms with Gasteiger partial charge in [-0.1, -0.05) is 135 Å². The molecule has 0 aliphatic heterocycles. The first kappa shape index (κ1) is 35.3. The molecule has 2 aromatic heterocycles. The lowest BCUT2D eigenvalue weighted by molar-refractivity contribution is 0.472. The number of phenols is 1. The number of fused-ring (bicyclic) bond motifs is 1. The average Bonchev–Trinajstić information content (AvgIpc) is 3.65. The molecular weight excluding hydrogens is 755 g/mol. The lowest BCUT2D eigenvalue weighted by Crippen LogP contribution is -2.11. The molecule has 0 unspecified atom stereocenters. The molecule has 6 aromatic carbocycles. The van der Waals surface area contributed by atoms with E-state index in [0.717, 1.165) is 50.2 Å². The Bertz CT molecular complexity index is 3190. The maximum atomic E-state index is 11.8. The third-order valence-electron chi connectivity index (χ3n) is 12.0. The van der Waals surface area contributed by atoms with Crippen LogP contribution in [0.2, 0.25) is 0 Å². The Kier molecular flexibility index (Phi) is 9.43. The molecule has 0 aliphatic carbocycles. The number of benzene rings is 6. The summed E-state index contributed by atoms with van der Waals surface area (Å²) in [6.07, 6.45) is 1.83. The van der Waals surface area contributed by atoms with Crippen molar-refractivity contribution in [3.8, 4) is 67.5 Å². The highest BCUT2D eigenvalue weighted by Gasteiger charge is 2.24. The van der Waals surface area contributed by atoms with Crippen molar-refractivity contribution < 1.29 is 13.3 Å². The molecule has 0 fully saturated rings. The Balaban J connectivity index is 1.39. The van der Waals surface area contributed by atoms with E-state index in [1.54, 1.807) is 39.8 Å². The van der Waals surface area contributed by atoms with Crippen molar-refractivity contribution in [2.24, 2.45) is 0 Å². The van der Waals surface area contributed by atoms with Crippen LogP contribution in [0.5, 0.6) is 5.75 Å². The number of imidazole rings is 1. The molecule has 0 saturated heterocycles. The van der Waals surface area contributed by atoms with Crippen LogP contribution in [-0.4, -0.2) is 19.6 Å². The van der Waals surface area contributed by atoms with Crippen LogP contribution in [0.1, 0.15) is 127 Å². The predicted octanol–water partition coefficient (Wildman–Crippen LogP) is 16.1. The molecular formula is C58H61N3O. The molecule has 8 rings (SSSR count). The fourth-order valence-corrected chi connectivity index (χ4v) is 8.60. The number of pyridine rings is 1. The van der Waals surface area contributed by atoms with E-state index >= 15 is 0 Å². The SMILES string of the molecule is [2H]C([2H])([2H])c1cc(-c2c(C([2H])(C)C)cccc2C([2H])(C)C)ccc1-n1c(-c2cc(C)cc(C)c2O)nc2c(-c3cc(-c4cc(-c5ccc(C([2H])(C)C)cc5)ccn4)cc(C(C)(C)C)c3)cccc21. The number of hydrogen-bond donors (Lipinski definition) is 1. The van der Waals surface area contributed by atoms with Crippen LogP contribution in [-0.2, 0) is 5.41 Å². The normalized spacial score (nSPS) is 14.2. The second-order valence-corrected chi connectivity index (χ2v) is 18.4. The number of aryl methyl sites for hydroxylation is 3. The lowest BCUT2D eigenvalue weighted by Gasteiger charge is -2.22. The zero-order valence-corrected chi connectivity index (χ0v) is 37.9. The molecule has 0 atom stereocenters. The monoisotopic (exact) mass is 822 g/mol. The Morgan fingerprint density at radius 1 is 0.629 bits per heavy atom. The van der Waals surface area contributed by atoms with Crippen LogP contribution in [0.4, 0.5) is 0 Å². The van der Waals surface area contributed by atoms with Crippen molar-refractivity contribution in [3.63, 3.8) is 0 Å². The molecule has 8 aromatic rings. The van der Waals surface area contributed by atoms with Crippen molar-refractivity contribution >= 4 is 11.0 Å². The van der Waals surface area contributed by atoms with Gasteiger partial charge in [-0.25, -0.2) is 4.98 Å². The van der Waals surface area contributed by atoms with E-state index in [-0.39, 0.29) is 16.7 Å². The third-order valence-corrected chi connectivity index (χ3v) is 12.0. The highest BCUT2D eigenvalue weighted by atomic mass is 16.3. The van der Waals surface area contributed by atoms with Crippen molar-refractivity contribution in [1.82, 2.24) is 14.5 Å². The summed E-state index contributed by atoms with van der Waals surface area (Å²) in [6, 6.07) is 39.5. The smallest absolute Gasteiger partial charge is 0.149 e. The molecule has 0 saturated carbocycles. The van der Waals surface area contributed by atoms with E-state index in [1.807, 2.05) is 111 Å². The van der Waals surface area contributed by atoms with Gasteiger partial charge < -0.3 is 5.11 Å². The number of rotatable bonds is 9. The Morgan fingerprint density at radius 3 is 1.97 bits per heavy atom. The van der Waals surface area contributed by atoms with Gasteiger partial charge >= 0.3 is 0 Å². The van der Waals surface area contributed by atoms with E-state index in [2.05, 4.69) is 57.2 Å². The second-order valence-electron chi connectivity index (χ2n) is 18.4. The molecule has 4 heteroatoms. The summed E-state index contributed by atoms with van der Waals surface area (Å²) in [7, 11) is 0. The largest absolute Gasteiger partial charge is 0.507 e. The summed E-state index contributed by atoms with van der Waals surface area (Å²) in [5, 5.41) is 11.8. The van der Waals surface area contributed by atoms with Crippen LogP contribution < -0.4 is 0 Å². The minimum atomic E-state index is -2.61. The number of para-hydroxylation sites is 1. The van der Waals surface area contributed by atoms with Gasteiger partial charge in [0.15, 0.2) is 0 Å². The minimum Gasteiger partial charge on any atom is -0.507 e. The molecule has 0 bridgehead atoms. The topological polar surface area (TPSA) is 50.9 Å². The first-order valence-corrected chi connectivity index (χ1v) is 21.5. The van der Waals surface area contributed by atoms with Crippen LogP contribution in [0, 0.1) is 20.7 Å². The van der Waals surface area contributed by atoms with Gasteiger partial charge in [-0.05, 0) is 159 Å². The van der Waals surface area contributed by atoms with Crippen molar-refractivity contribution in [3.05, 3.63) is 166 Å². The van der Waals surface area contributed by atoms with Crippen molar-refractivity contribution in [2.75, 3.05) is 0 Å². The van der Waals surface area contributed by atoms with Gasteiger partial charge in [0.2, 0.25) is 0 Å². The highest BCUT2D eigenvalue weighted by Crippen LogP contribution is 2.43. The quantitative estimate of drug-likeness (QED) is 0.158. The molecule has 0 radical (unpaired) electrons. The highest BCUT2D eigenvalue weighted by molar-refractivity contribution is 5.97. The molecule has 1 N–H and O–H groups in total. The Labute approximate surface area is 377 Å². The predicted molar refractivity (Wildman–Crippen MR) is 263 cm³/mol. The molecule has 0 spiro atoms. The number of aromatic hydroxyl groups is 1. The van der Waals surface area contributed by atoms with Gasteiger partial charge in [0, 0.05) is 25.5 Å². The zero-order valence-electron chi connectivity index (χ0n) is 43.9. The number of aromatic nitrogens is 3. The van der Waals surface area contributed by atoms with Gasteiger partial charge in [-0.3, -0.25) is 9.55 Å². The number of hydrogen-bond acceptors (Lipinski definition) is 3. The van der Waals surface area contributed by atoms with E-state index in [9.17, 15) is 5.11 Å². The fraction of sp³-hybridized carbons (Fsp3) is 0.276. The summed E-state index contributed by atoms with van der Waals surface area (Å²) in [4.78, 5) is 10.3. The first-order chi connectivity index (χ1) is 31.6. The molecule has 314 valence electrons. The molecule has 0 aliphatic rings. The molecule has 62 heavy (non-hydrogen) atoms. The van der Waals surface area contributed by atoms with E-state index < -0.39 is 24.5 Å². The minimum absolute atomic E-state index is 0.0516. The molecule has 4 nitrogen and oxygen atoms in total. The van der Waals surface area contributed by atoms with Crippen molar-refractivity contribution in [2.45, 2.75) is 106 Å². The third kappa shape index (κ3) is 7.99. The average molecular weight is 822 g/mol.